The predicted molar refractivity (Wildman–Crippen MR) is 185 cm³/mol. The topological polar surface area (TPSA) is 157 Å². The van der Waals surface area contributed by atoms with E-state index in [-0.39, 0.29) is 36.3 Å². The molecular formula is C33H26Cl4FN5O8. The summed E-state index contributed by atoms with van der Waals surface area (Å²) in [4.78, 5) is 68.7. The fourth-order valence-electron chi connectivity index (χ4n) is 7.38. The normalized spacial score (nSPS) is 24.3. The van der Waals surface area contributed by atoms with Crippen LogP contribution in [0.1, 0.15) is 29.6 Å². The number of aromatic nitrogens is 5. The van der Waals surface area contributed by atoms with Crippen LogP contribution in [0.5, 0.6) is 17.2 Å². The van der Waals surface area contributed by atoms with E-state index >= 15 is 0 Å². The summed E-state index contributed by atoms with van der Waals surface area (Å²) in [7, 11) is 4.47. The van der Waals surface area contributed by atoms with Gasteiger partial charge in [-0.3, -0.25) is 14.4 Å². The van der Waals surface area contributed by atoms with Crippen molar-refractivity contribution in [1.29, 1.82) is 0 Å². The van der Waals surface area contributed by atoms with Crippen LogP contribution in [-0.4, -0.2) is 64.1 Å². The Labute approximate surface area is 306 Å². The van der Waals surface area contributed by atoms with Crippen molar-refractivity contribution in [2.24, 2.45) is 7.05 Å². The van der Waals surface area contributed by atoms with Crippen molar-refractivity contribution in [2.45, 2.75) is 47.6 Å². The number of rotatable bonds is 6. The van der Waals surface area contributed by atoms with E-state index in [0.717, 1.165) is 26.1 Å². The monoisotopic (exact) mass is 779 g/mol. The zero-order valence-corrected chi connectivity index (χ0v) is 29.9. The number of hydrogen-bond acceptors (Lipinski definition) is 9. The Kier molecular flexibility index (Phi) is 8.32. The van der Waals surface area contributed by atoms with Crippen molar-refractivity contribution in [3.63, 3.8) is 0 Å². The number of ketones is 2. The minimum absolute atomic E-state index is 0.0423. The number of allylic oxidation sites excluding steroid dienone is 4. The molecule has 1 fully saturated rings. The fourth-order valence-corrected chi connectivity index (χ4v) is 8.90. The number of halogens is 5. The first-order chi connectivity index (χ1) is 24.1. The third-order valence-corrected chi connectivity index (χ3v) is 12.2. The molecule has 4 unspecified atom stereocenters. The summed E-state index contributed by atoms with van der Waals surface area (Å²) < 4.78 is 30.1. The lowest BCUT2D eigenvalue weighted by atomic mass is 9.59. The van der Waals surface area contributed by atoms with Crippen molar-refractivity contribution in [3.05, 3.63) is 100 Å². The number of Topliss-reactive ketones (excluding diaryl/α,β-unsaturated/α-hetero) is 2. The molecule has 4 atom stereocenters. The van der Waals surface area contributed by atoms with Crippen LogP contribution in [0, 0.1) is 5.82 Å². The second-order valence-electron chi connectivity index (χ2n) is 12.4. The Morgan fingerprint density at radius 2 is 1.65 bits per heavy atom. The first-order valence-corrected chi connectivity index (χ1v) is 16.9. The van der Waals surface area contributed by atoms with Gasteiger partial charge in [0.05, 0.1) is 37.8 Å². The molecule has 1 N–H and O–H groups in total. The maximum Gasteiger partial charge on any atom is 0.347 e. The molecular weight excluding hydrogens is 755 g/mol. The highest BCUT2D eigenvalue weighted by Gasteiger charge is 2.71. The number of alkyl halides is 2. The molecule has 1 saturated carbocycles. The molecule has 51 heavy (non-hydrogen) atoms. The van der Waals surface area contributed by atoms with E-state index in [1.54, 1.807) is 25.3 Å². The van der Waals surface area contributed by atoms with Gasteiger partial charge in [0.1, 0.15) is 25.5 Å². The molecule has 13 nitrogen and oxygen atoms in total. The molecule has 4 aromatic rings. The molecule has 7 rings (SSSR count). The Morgan fingerprint density at radius 1 is 0.980 bits per heavy atom. The number of phenols is 1. The van der Waals surface area contributed by atoms with Crippen LogP contribution >= 0.6 is 46.4 Å². The maximum atomic E-state index is 14.8. The first-order valence-electron chi connectivity index (χ1n) is 15.4. The van der Waals surface area contributed by atoms with Crippen LogP contribution in [0.2, 0.25) is 0 Å². The van der Waals surface area contributed by atoms with Crippen LogP contribution in [0.4, 0.5) is 4.39 Å². The van der Waals surface area contributed by atoms with E-state index < -0.39 is 78.3 Å². The van der Waals surface area contributed by atoms with Gasteiger partial charge >= 0.3 is 11.4 Å². The Bertz CT molecular complexity index is 2490. The van der Waals surface area contributed by atoms with E-state index in [4.69, 9.17) is 55.9 Å². The smallest absolute Gasteiger partial charge is 0.347 e. The van der Waals surface area contributed by atoms with E-state index in [0.29, 0.717) is 22.5 Å². The summed E-state index contributed by atoms with van der Waals surface area (Å²) in [5.74, 6) is -4.31. The molecule has 3 heterocycles. The molecule has 0 amide bonds. The number of fused-ring (bicyclic) bond motifs is 5. The number of carbonyl (C=O) groups excluding carboxylic acids is 2. The summed E-state index contributed by atoms with van der Waals surface area (Å²) in [5, 5.41) is 8.60. The number of methoxy groups -OCH3 is 2. The highest BCUT2D eigenvalue weighted by molar-refractivity contribution is 6.66. The summed E-state index contributed by atoms with van der Waals surface area (Å²) in [5.41, 5.74) is -0.733. The lowest BCUT2D eigenvalue weighted by Crippen LogP contribution is -2.67. The van der Waals surface area contributed by atoms with E-state index in [2.05, 4.69) is 4.98 Å². The number of ether oxygens (including phenoxy) is 2. The molecule has 2 aromatic heterocycles. The Morgan fingerprint density at radius 3 is 2.31 bits per heavy atom. The van der Waals surface area contributed by atoms with Crippen molar-refractivity contribution in [2.75, 3.05) is 14.2 Å². The number of aromatic hydroxyl groups is 1. The van der Waals surface area contributed by atoms with Gasteiger partial charge in [0.2, 0.25) is 0 Å². The number of carbonyl (C=O) groups is 2. The molecule has 3 aliphatic rings. The Hall–Kier alpha value is -4.37. The molecule has 0 bridgehead atoms. The van der Waals surface area contributed by atoms with Gasteiger partial charge in [-0.25, -0.2) is 32.9 Å². The third-order valence-electron chi connectivity index (χ3n) is 9.91. The SMILES string of the molecule is COc1cc2nc(CCn3c(=O)n4n(c3=O)C3CC5(Cl)C(=O)C(Cl)=C(Cl)C(=O)C5(Cl)C(c5ccc(O)c(F)c5)C3=CC4)c(=O)n(C)c2cc1OC. The number of nitrogens with zero attached hydrogens (tertiary/aromatic N) is 5. The van der Waals surface area contributed by atoms with Crippen LogP contribution < -0.4 is 26.4 Å². The van der Waals surface area contributed by atoms with Gasteiger partial charge in [0.25, 0.3) is 5.56 Å². The standard InChI is InChI=1S/C33H26Cl4FN5O8/c1-40-19-12-23(51-3)22(50-2)11-18(19)39-17(29(40)47)7-8-41-30(48)42-9-6-15-20(43(42)31(41)49)13-32(36)27(45)25(34)26(35)28(46)33(32,37)24(15)14-4-5-21(44)16(38)10-14/h4-6,10-12,20,24,44H,7-9,13H2,1-3H3. The van der Waals surface area contributed by atoms with Gasteiger partial charge in [-0.1, -0.05) is 35.3 Å². The minimum Gasteiger partial charge on any atom is -0.505 e. The van der Waals surface area contributed by atoms with Crippen LogP contribution in [-0.2, 0) is 36.1 Å². The highest BCUT2D eigenvalue weighted by Crippen LogP contribution is 2.63. The highest BCUT2D eigenvalue weighted by atomic mass is 35.5. The Balaban J connectivity index is 1.33. The zero-order chi connectivity index (χ0) is 36.9. The molecule has 2 aromatic carbocycles. The van der Waals surface area contributed by atoms with Gasteiger partial charge in [0.15, 0.2) is 34.6 Å². The largest absolute Gasteiger partial charge is 0.505 e. The second kappa shape index (κ2) is 12.1. The van der Waals surface area contributed by atoms with Crippen molar-refractivity contribution in [1.82, 2.24) is 23.5 Å². The summed E-state index contributed by atoms with van der Waals surface area (Å²) in [6.07, 6.45) is 0.958. The zero-order valence-electron chi connectivity index (χ0n) is 26.9. The van der Waals surface area contributed by atoms with Crippen LogP contribution in [0.3, 0.4) is 0 Å². The van der Waals surface area contributed by atoms with Crippen molar-refractivity contribution in [3.8, 4) is 17.2 Å². The van der Waals surface area contributed by atoms with Gasteiger partial charge in [0, 0.05) is 44.5 Å². The van der Waals surface area contributed by atoms with Gasteiger partial charge in [-0.05, 0) is 23.3 Å². The average molecular weight is 781 g/mol. The number of benzene rings is 2. The van der Waals surface area contributed by atoms with Gasteiger partial charge in [-0.15, -0.1) is 23.2 Å². The summed E-state index contributed by atoms with van der Waals surface area (Å²) in [6, 6.07) is 5.35. The van der Waals surface area contributed by atoms with Crippen molar-refractivity contribution >= 4 is 69.0 Å². The number of phenolic OH excluding ortho intramolecular Hbond substituents is 1. The number of aryl methyl sites for hydroxylation is 2. The van der Waals surface area contributed by atoms with Crippen LogP contribution in [0.15, 0.2) is 66.4 Å². The van der Waals surface area contributed by atoms with Crippen LogP contribution in [0.25, 0.3) is 11.0 Å². The lowest BCUT2D eigenvalue weighted by Gasteiger charge is -2.54. The molecule has 18 heteroatoms. The molecule has 0 saturated heterocycles. The quantitative estimate of drug-likeness (QED) is 0.228. The lowest BCUT2D eigenvalue weighted by molar-refractivity contribution is -0.128. The molecule has 266 valence electrons. The van der Waals surface area contributed by atoms with E-state index in [9.17, 15) is 33.5 Å². The molecule has 0 radical (unpaired) electrons. The average Bonchev–Trinajstić information content (AvgIpc) is 3.36. The summed E-state index contributed by atoms with van der Waals surface area (Å²) >= 11 is 26.6. The van der Waals surface area contributed by atoms with Gasteiger partial charge < -0.3 is 19.1 Å². The third kappa shape index (κ3) is 4.79. The van der Waals surface area contributed by atoms with E-state index in [1.807, 2.05) is 0 Å². The maximum absolute atomic E-state index is 14.8. The van der Waals surface area contributed by atoms with Gasteiger partial charge in [-0.2, -0.15) is 0 Å². The number of hydrogen-bond donors (Lipinski definition) is 1. The fraction of sp³-hybridized carbons (Fsp3) is 0.333. The predicted octanol–water partition coefficient (Wildman–Crippen LogP) is 3.63. The summed E-state index contributed by atoms with van der Waals surface area (Å²) in [6.45, 7) is -0.441. The molecule has 2 aliphatic carbocycles. The van der Waals surface area contributed by atoms with Crippen molar-refractivity contribution < 1.29 is 28.6 Å². The minimum atomic E-state index is -2.35. The second-order valence-corrected chi connectivity index (χ2v) is 14.4. The molecule has 0 spiro atoms. The molecule has 1 aliphatic heterocycles. The van der Waals surface area contributed by atoms with E-state index in [1.165, 1.54) is 24.9 Å². The first kappa shape index (κ1) is 35.1.